The highest BCUT2D eigenvalue weighted by Gasteiger charge is 1.99. The summed E-state index contributed by atoms with van der Waals surface area (Å²) in [5, 5.41) is 3.33. The minimum absolute atomic E-state index is 0.127. The molecule has 0 unspecified atom stereocenters. The summed E-state index contributed by atoms with van der Waals surface area (Å²) >= 11 is 0. The molecule has 4 nitrogen and oxygen atoms in total. The Kier molecular flexibility index (Phi) is 6.69. The van der Waals surface area contributed by atoms with Crippen LogP contribution in [-0.4, -0.2) is 26.7 Å². The third kappa shape index (κ3) is 5.57. The lowest BCUT2D eigenvalue weighted by Gasteiger charge is -2.07. The van der Waals surface area contributed by atoms with Crippen LogP contribution in [0.3, 0.4) is 0 Å². The van der Waals surface area contributed by atoms with Crippen LogP contribution in [0, 0.1) is 0 Å². The first-order chi connectivity index (χ1) is 8.76. The molecule has 0 fully saturated rings. The zero-order valence-electron chi connectivity index (χ0n) is 11.1. The van der Waals surface area contributed by atoms with Crippen molar-refractivity contribution in [3.05, 3.63) is 24.3 Å². The molecule has 1 aromatic carbocycles. The van der Waals surface area contributed by atoms with Crippen molar-refractivity contribution in [2.75, 3.05) is 26.1 Å². The maximum atomic E-state index is 10.9. The number of hydrogen-bond acceptors (Lipinski definition) is 4. The number of anilines is 1. The molecule has 0 aliphatic heterocycles. The highest BCUT2D eigenvalue weighted by molar-refractivity contribution is 5.68. The number of rotatable bonds is 8. The average molecular weight is 251 g/mol. The average Bonchev–Trinajstić information content (AvgIpc) is 2.43. The summed E-state index contributed by atoms with van der Waals surface area (Å²) in [6, 6.07) is 7.85. The SMILES string of the molecule is COC(=O)CCCCCNc1ccc(OC)cc1. The van der Waals surface area contributed by atoms with Gasteiger partial charge in [0, 0.05) is 18.7 Å². The zero-order valence-corrected chi connectivity index (χ0v) is 11.1. The summed E-state index contributed by atoms with van der Waals surface area (Å²) < 4.78 is 9.67. The van der Waals surface area contributed by atoms with Crippen LogP contribution in [0.15, 0.2) is 24.3 Å². The van der Waals surface area contributed by atoms with Gasteiger partial charge in [0.1, 0.15) is 5.75 Å². The van der Waals surface area contributed by atoms with Crippen molar-refractivity contribution in [3.63, 3.8) is 0 Å². The molecule has 4 heteroatoms. The maximum Gasteiger partial charge on any atom is 0.305 e. The molecule has 1 N–H and O–H groups in total. The third-order valence-corrected chi connectivity index (χ3v) is 2.70. The van der Waals surface area contributed by atoms with Gasteiger partial charge in [0.15, 0.2) is 0 Å². The quantitative estimate of drug-likeness (QED) is 0.570. The Morgan fingerprint density at radius 3 is 2.44 bits per heavy atom. The van der Waals surface area contributed by atoms with Crippen LogP contribution in [0.2, 0.25) is 0 Å². The van der Waals surface area contributed by atoms with Gasteiger partial charge in [-0.25, -0.2) is 0 Å². The molecule has 0 saturated carbocycles. The summed E-state index contributed by atoms with van der Waals surface area (Å²) in [7, 11) is 3.08. The van der Waals surface area contributed by atoms with Crippen LogP contribution in [0.4, 0.5) is 5.69 Å². The van der Waals surface area contributed by atoms with Gasteiger partial charge in [-0.1, -0.05) is 6.42 Å². The highest BCUT2D eigenvalue weighted by Crippen LogP contribution is 2.15. The van der Waals surface area contributed by atoms with Crippen molar-refractivity contribution in [3.8, 4) is 5.75 Å². The van der Waals surface area contributed by atoms with E-state index in [1.807, 2.05) is 24.3 Å². The van der Waals surface area contributed by atoms with Crippen LogP contribution < -0.4 is 10.1 Å². The molecular weight excluding hydrogens is 230 g/mol. The second-order valence-electron chi connectivity index (χ2n) is 4.04. The molecule has 0 aliphatic rings. The normalized spacial score (nSPS) is 9.89. The van der Waals surface area contributed by atoms with Gasteiger partial charge < -0.3 is 14.8 Å². The van der Waals surface area contributed by atoms with E-state index in [1.54, 1.807) is 7.11 Å². The number of methoxy groups -OCH3 is 2. The second kappa shape index (κ2) is 8.39. The largest absolute Gasteiger partial charge is 0.497 e. The van der Waals surface area contributed by atoms with Gasteiger partial charge in [-0.05, 0) is 37.1 Å². The Morgan fingerprint density at radius 1 is 1.11 bits per heavy atom. The van der Waals surface area contributed by atoms with Gasteiger partial charge in [0.25, 0.3) is 0 Å². The van der Waals surface area contributed by atoms with E-state index in [2.05, 4.69) is 10.1 Å². The van der Waals surface area contributed by atoms with Crippen molar-refractivity contribution in [2.24, 2.45) is 0 Å². The number of esters is 1. The van der Waals surface area contributed by atoms with Gasteiger partial charge >= 0.3 is 5.97 Å². The molecule has 0 heterocycles. The molecule has 1 aromatic rings. The predicted octanol–water partition coefficient (Wildman–Crippen LogP) is 2.84. The Labute approximate surface area is 108 Å². The number of carbonyl (C=O) groups excluding carboxylic acids is 1. The van der Waals surface area contributed by atoms with Crippen molar-refractivity contribution >= 4 is 11.7 Å². The molecular formula is C14H21NO3. The second-order valence-corrected chi connectivity index (χ2v) is 4.04. The molecule has 0 radical (unpaired) electrons. The Bertz CT molecular complexity index is 349. The Hall–Kier alpha value is -1.71. The van der Waals surface area contributed by atoms with E-state index in [0.717, 1.165) is 37.2 Å². The summed E-state index contributed by atoms with van der Waals surface area (Å²) in [4.78, 5) is 10.9. The van der Waals surface area contributed by atoms with Crippen LogP contribution >= 0.6 is 0 Å². The van der Waals surface area contributed by atoms with E-state index in [4.69, 9.17) is 4.74 Å². The first kappa shape index (κ1) is 14.4. The van der Waals surface area contributed by atoms with Crippen molar-refractivity contribution in [1.29, 1.82) is 0 Å². The molecule has 1 rings (SSSR count). The predicted molar refractivity (Wildman–Crippen MR) is 72.0 cm³/mol. The highest BCUT2D eigenvalue weighted by atomic mass is 16.5. The fraction of sp³-hybridized carbons (Fsp3) is 0.500. The molecule has 0 amide bonds. The van der Waals surface area contributed by atoms with Crippen molar-refractivity contribution in [1.82, 2.24) is 0 Å². The Morgan fingerprint density at radius 2 is 1.83 bits per heavy atom. The first-order valence-corrected chi connectivity index (χ1v) is 6.21. The van der Waals surface area contributed by atoms with Crippen LogP contribution in [0.5, 0.6) is 5.75 Å². The van der Waals surface area contributed by atoms with Gasteiger partial charge in [-0.3, -0.25) is 4.79 Å². The fourth-order valence-corrected chi connectivity index (χ4v) is 1.61. The van der Waals surface area contributed by atoms with E-state index in [9.17, 15) is 4.79 Å². The lowest BCUT2D eigenvalue weighted by molar-refractivity contribution is -0.140. The van der Waals surface area contributed by atoms with E-state index in [0.29, 0.717) is 6.42 Å². The van der Waals surface area contributed by atoms with Crippen molar-refractivity contribution < 1.29 is 14.3 Å². The minimum Gasteiger partial charge on any atom is -0.497 e. The molecule has 0 atom stereocenters. The monoisotopic (exact) mass is 251 g/mol. The van der Waals surface area contributed by atoms with Crippen molar-refractivity contribution in [2.45, 2.75) is 25.7 Å². The molecule has 0 aliphatic carbocycles. The van der Waals surface area contributed by atoms with E-state index in [-0.39, 0.29) is 5.97 Å². The molecule has 0 spiro atoms. The van der Waals surface area contributed by atoms with Gasteiger partial charge in [-0.2, -0.15) is 0 Å². The number of carbonyl (C=O) groups is 1. The molecule has 0 bridgehead atoms. The van der Waals surface area contributed by atoms with E-state index in [1.165, 1.54) is 7.11 Å². The zero-order chi connectivity index (χ0) is 13.2. The molecule has 100 valence electrons. The van der Waals surface area contributed by atoms with E-state index < -0.39 is 0 Å². The Balaban J connectivity index is 2.08. The summed E-state index contributed by atoms with van der Waals surface area (Å²) in [6.45, 7) is 0.910. The number of hydrogen-bond donors (Lipinski definition) is 1. The maximum absolute atomic E-state index is 10.9. The fourth-order valence-electron chi connectivity index (χ4n) is 1.61. The minimum atomic E-state index is -0.127. The molecule has 18 heavy (non-hydrogen) atoms. The third-order valence-electron chi connectivity index (χ3n) is 2.70. The number of nitrogens with one attached hydrogen (secondary N) is 1. The van der Waals surface area contributed by atoms with Crippen LogP contribution in [0.1, 0.15) is 25.7 Å². The van der Waals surface area contributed by atoms with Gasteiger partial charge in [0.05, 0.1) is 14.2 Å². The standard InChI is InChI=1S/C14H21NO3/c1-17-13-9-7-12(8-10-13)15-11-5-3-4-6-14(16)18-2/h7-10,15H,3-6,11H2,1-2H3. The summed E-state index contributed by atoms with van der Waals surface area (Å²) in [5.74, 6) is 0.733. The lowest BCUT2D eigenvalue weighted by atomic mass is 10.2. The van der Waals surface area contributed by atoms with Gasteiger partial charge in [0.2, 0.25) is 0 Å². The molecule has 0 saturated heterocycles. The van der Waals surface area contributed by atoms with Gasteiger partial charge in [-0.15, -0.1) is 0 Å². The summed E-state index contributed by atoms with van der Waals surface area (Å²) in [6.07, 6.45) is 3.47. The number of unbranched alkanes of at least 4 members (excludes halogenated alkanes) is 2. The van der Waals surface area contributed by atoms with E-state index >= 15 is 0 Å². The first-order valence-electron chi connectivity index (χ1n) is 6.21. The summed E-state index contributed by atoms with van der Waals surface area (Å²) in [5.41, 5.74) is 1.09. The van der Waals surface area contributed by atoms with Crippen LogP contribution in [-0.2, 0) is 9.53 Å². The lowest BCUT2D eigenvalue weighted by Crippen LogP contribution is -2.03. The number of benzene rings is 1. The number of ether oxygens (including phenoxy) is 2. The van der Waals surface area contributed by atoms with Crippen LogP contribution in [0.25, 0.3) is 0 Å². The molecule has 0 aromatic heterocycles. The topological polar surface area (TPSA) is 47.6 Å². The smallest absolute Gasteiger partial charge is 0.305 e.